The average molecular weight is 541 g/mol. The quantitative estimate of drug-likeness (QED) is 0.313. The van der Waals surface area contributed by atoms with Crippen molar-refractivity contribution in [2.75, 3.05) is 26.2 Å². The summed E-state index contributed by atoms with van der Waals surface area (Å²) >= 11 is 1.80. The summed E-state index contributed by atoms with van der Waals surface area (Å²) in [6.07, 6.45) is 1.46. The maximum absolute atomic E-state index is 12.6. The number of guanidine groups is 1. The number of hydrogen-bond donors (Lipinski definition) is 2. The summed E-state index contributed by atoms with van der Waals surface area (Å²) in [4.78, 5) is 20.7. The fourth-order valence-electron chi connectivity index (χ4n) is 3.56. The van der Waals surface area contributed by atoms with Crippen molar-refractivity contribution in [2.45, 2.75) is 46.1 Å². The normalized spacial score (nSPS) is 14.5. The van der Waals surface area contributed by atoms with E-state index in [2.05, 4.69) is 67.1 Å². The number of carbonyl (C=O) groups is 1. The Balaban J connectivity index is 0.00000320. The highest BCUT2D eigenvalue weighted by atomic mass is 127. The van der Waals surface area contributed by atoms with Gasteiger partial charge in [0.15, 0.2) is 5.96 Å². The first-order valence-corrected chi connectivity index (χ1v) is 11.4. The molecule has 1 aliphatic rings. The highest BCUT2D eigenvalue weighted by molar-refractivity contribution is 14.0. The molecule has 0 radical (unpaired) electrons. The highest BCUT2D eigenvalue weighted by Crippen LogP contribution is 2.24. The third kappa shape index (κ3) is 6.97. The van der Waals surface area contributed by atoms with E-state index in [1.54, 1.807) is 11.3 Å². The summed E-state index contributed by atoms with van der Waals surface area (Å²) in [5.74, 6) is 1.33. The van der Waals surface area contributed by atoms with E-state index in [9.17, 15) is 4.79 Å². The van der Waals surface area contributed by atoms with Crippen molar-refractivity contribution < 1.29 is 4.79 Å². The Labute approximate surface area is 201 Å². The lowest BCUT2D eigenvalue weighted by Gasteiger charge is -2.27. The van der Waals surface area contributed by atoms with Crippen LogP contribution in [-0.2, 0) is 17.8 Å². The fourth-order valence-corrected chi connectivity index (χ4v) is 4.45. The van der Waals surface area contributed by atoms with Crippen LogP contribution in [-0.4, -0.2) is 42.9 Å². The summed E-state index contributed by atoms with van der Waals surface area (Å²) in [6.45, 7) is 10.0. The summed E-state index contributed by atoms with van der Waals surface area (Å²) in [5.41, 5.74) is 3.88. The van der Waals surface area contributed by atoms with E-state index in [0.717, 1.165) is 32.0 Å². The van der Waals surface area contributed by atoms with Gasteiger partial charge in [0, 0.05) is 49.9 Å². The van der Waals surface area contributed by atoms with Crippen molar-refractivity contribution in [2.24, 2.45) is 4.99 Å². The number of nitrogens with zero attached hydrogens (tertiary/aromatic N) is 2. The minimum Gasteiger partial charge on any atom is -0.357 e. The monoisotopic (exact) mass is 540 g/mol. The van der Waals surface area contributed by atoms with E-state index in [1.807, 2.05) is 4.90 Å². The molecular weight excluding hydrogens is 507 g/mol. The Kier molecular flexibility index (Phi) is 10.1. The number of amides is 1. The molecule has 1 aliphatic heterocycles. The fraction of sp³-hybridized carbons (Fsp3) is 0.478. The number of thiophene rings is 1. The SMILES string of the molecule is CCNC(=NCC(C)c1cccc(C)c1)NCCC(=O)N1CCc2sccc2C1.I. The predicted molar refractivity (Wildman–Crippen MR) is 137 cm³/mol. The van der Waals surface area contributed by atoms with Gasteiger partial charge < -0.3 is 15.5 Å². The van der Waals surface area contributed by atoms with E-state index in [-0.39, 0.29) is 29.9 Å². The molecule has 2 aromatic rings. The number of aryl methyl sites for hydroxylation is 1. The second kappa shape index (κ2) is 12.3. The third-order valence-corrected chi connectivity index (χ3v) is 6.29. The number of halogens is 1. The molecular formula is C23H33IN4OS. The molecule has 30 heavy (non-hydrogen) atoms. The van der Waals surface area contributed by atoms with Gasteiger partial charge in [-0.2, -0.15) is 0 Å². The predicted octanol–water partition coefficient (Wildman–Crippen LogP) is 4.31. The van der Waals surface area contributed by atoms with Gasteiger partial charge in [0.2, 0.25) is 5.91 Å². The lowest BCUT2D eigenvalue weighted by atomic mass is 10.00. The van der Waals surface area contributed by atoms with E-state index in [1.165, 1.54) is 21.6 Å². The molecule has 0 aliphatic carbocycles. The van der Waals surface area contributed by atoms with E-state index >= 15 is 0 Å². The maximum Gasteiger partial charge on any atom is 0.224 e. The molecule has 0 saturated heterocycles. The van der Waals surface area contributed by atoms with Gasteiger partial charge in [0.05, 0.1) is 0 Å². The van der Waals surface area contributed by atoms with Gasteiger partial charge >= 0.3 is 0 Å². The van der Waals surface area contributed by atoms with E-state index in [4.69, 9.17) is 4.99 Å². The Morgan fingerprint density at radius 1 is 1.30 bits per heavy atom. The summed E-state index contributed by atoms with van der Waals surface area (Å²) < 4.78 is 0. The van der Waals surface area contributed by atoms with Crippen LogP contribution in [0.2, 0.25) is 0 Å². The van der Waals surface area contributed by atoms with Gasteiger partial charge in [0.25, 0.3) is 0 Å². The molecule has 3 rings (SSSR count). The molecule has 0 fully saturated rings. The van der Waals surface area contributed by atoms with Crippen LogP contribution >= 0.6 is 35.3 Å². The summed E-state index contributed by atoms with van der Waals surface area (Å²) in [5, 5.41) is 8.72. The van der Waals surface area contributed by atoms with Crippen LogP contribution in [0.5, 0.6) is 0 Å². The first kappa shape index (κ1) is 24.7. The summed E-state index contributed by atoms with van der Waals surface area (Å²) in [7, 11) is 0. The molecule has 7 heteroatoms. The first-order chi connectivity index (χ1) is 14.1. The molecule has 0 bridgehead atoms. The standard InChI is InChI=1S/C23H32N4OS.HI/c1-4-24-23(26-15-18(3)19-7-5-6-17(2)14-19)25-11-8-22(28)27-12-9-21-20(16-27)10-13-29-21;/h5-7,10,13-14,18H,4,8-9,11-12,15-16H2,1-3H3,(H2,24,25,26);1H. The van der Waals surface area contributed by atoms with Crippen LogP contribution < -0.4 is 10.6 Å². The zero-order valence-corrected chi connectivity index (χ0v) is 21.3. The number of benzene rings is 1. The molecule has 1 unspecified atom stereocenters. The van der Waals surface area contributed by atoms with E-state index < -0.39 is 0 Å². The van der Waals surface area contributed by atoms with Gasteiger partial charge in [-0.15, -0.1) is 35.3 Å². The second-order valence-electron chi connectivity index (χ2n) is 7.65. The van der Waals surface area contributed by atoms with Crippen LogP contribution in [0, 0.1) is 6.92 Å². The molecule has 0 spiro atoms. The number of fused-ring (bicyclic) bond motifs is 1. The molecule has 1 atom stereocenters. The minimum absolute atomic E-state index is 0. The van der Waals surface area contributed by atoms with Crippen LogP contribution in [0.1, 0.15) is 47.8 Å². The zero-order chi connectivity index (χ0) is 20.6. The van der Waals surface area contributed by atoms with Crippen LogP contribution in [0.25, 0.3) is 0 Å². The van der Waals surface area contributed by atoms with Crippen molar-refractivity contribution in [1.29, 1.82) is 0 Å². The Morgan fingerprint density at radius 3 is 2.90 bits per heavy atom. The van der Waals surface area contributed by atoms with Crippen molar-refractivity contribution in [1.82, 2.24) is 15.5 Å². The number of nitrogens with one attached hydrogen (secondary N) is 2. The van der Waals surface area contributed by atoms with Gasteiger partial charge in [-0.3, -0.25) is 9.79 Å². The second-order valence-corrected chi connectivity index (χ2v) is 8.65. The van der Waals surface area contributed by atoms with Crippen LogP contribution in [0.15, 0.2) is 40.7 Å². The Morgan fingerprint density at radius 2 is 2.13 bits per heavy atom. The number of hydrogen-bond acceptors (Lipinski definition) is 3. The molecule has 1 aromatic heterocycles. The average Bonchev–Trinajstić information content (AvgIpc) is 3.19. The Hall–Kier alpha value is -1.61. The lowest BCUT2D eigenvalue weighted by Crippen LogP contribution is -2.41. The molecule has 1 amide bonds. The van der Waals surface area contributed by atoms with E-state index in [0.29, 0.717) is 25.4 Å². The third-order valence-electron chi connectivity index (χ3n) is 5.27. The lowest BCUT2D eigenvalue weighted by molar-refractivity contribution is -0.131. The van der Waals surface area contributed by atoms with Crippen molar-refractivity contribution in [3.8, 4) is 0 Å². The summed E-state index contributed by atoms with van der Waals surface area (Å²) in [6, 6.07) is 10.7. The molecule has 0 saturated carbocycles. The van der Waals surface area contributed by atoms with Crippen molar-refractivity contribution in [3.63, 3.8) is 0 Å². The largest absolute Gasteiger partial charge is 0.357 e. The van der Waals surface area contributed by atoms with Crippen LogP contribution in [0.3, 0.4) is 0 Å². The number of rotatable bonds is 7. The molecule has 1 aromatic carbocycles. The molecule has 5 nitrogen and oxygen atoms in total. The maximum atomic E-state index is 12.6. The van der Waals surface area contributed by atoms with Crippen molar-refractivity contribution >= 4 is 47.2 Å². The topological polar surface area (TPSA) is 56.7 Å². The van der Waals surface area contributed by atoms with Gasteiger partial charge in [-0.25, -0.2) is 0 Å². The number of carbonyl (C=O) groups excluding carboxylic acids is 1. The Bertz CT molecular complexity index is 851. The highest BCUT2D eigenvalue weighted by Gasteiger charge is 2.21. The zero-order valence-electron chi connectivity index (χ0n) is 18.1. The molecule has 2 heterocycles. The van der Waals surface area contributed by atoms with Crippen LogP contribution in [0.4, 0.5) is 0 Å². The first-order valence-electron chi connectivity index (χ1n) is 10.5. The van der Waals surface area contributed by atoms with Gasteiger partial charge in [0.1, 0.15) is 0 Å². The molecule has 2 N–H and O–H groups in total. The smallest absolute Gasteiger partial charge is 0.224 e. The van der Waals surface area contributed by atoms with Crippen molar-refractivity contribution in [3.05, 3.63) is 57.3 Å². The van der Waals surface area contributed by atoms with Gasteiger partial charge in [-0.05, 0) is 42.8 Å². The van der Waals surface area contributed by atoms with Gasteiger partial charge in [-0.1, -0.05) is 36.8 Å². The molecule has 164 valence electrons. The minimum atomic E-state index is 0. The number of aliphatic imine (C=N–C) groups is 1.